The SMILES string of the molecule is CC1CCCC(C)N1C(=O)[C@@H]1CCC[C@@H]1C(=O)O. The second kappa shape index (κ2) is 5.29. The van der Waals surface area contributed by atoms with Gasteiger partial charge in [0.1, 0.15) is 0 Å². The highest BCUT2D eigenvalue weighted by Gasteiger charge is 2.42. The first kappa shape index (κ1) is 13.4. The van der Waals surface area contributed by atoms with E-state index in [-0.39, 0.29) is 23.9 Å². The van der Waals surface area contributed by atoms with Crippen molar-refractivity contribution in [1.29, 1.82) is 0 Å². The summed E-state index contributed by atoms with van der Waals surface area (Å²) in [5.41, 5.74) is 0. The van der Waals surface area contributed by atoms with E-state index in [2.05, 4.69) is 13.8 Å². The van der Waals surface area contributed by atoms with Gasteiger partial charge in [-0.25, -0.2) is 0 Å². The van der Waals surface area contributed by atoms with E-state index in [1.54, 1.807) is 0 Å². The van der Waals surface area contributed by atoms with Crippen LogP contribution in [0.5, 0.6) is 0 Å². The highest BCUT2D eigenvalue weighted by molar-refractivity contribution is 5.85. The van der Waals surface area contributed by atoms with Crippen molar-refractivity contribution in [3.63, 3.8) is 0 Å². The van der Waals surface area contributed by atoms with Crippen LogP contribution in [0.25, 0.3) is 0 Å². The van der Waals surface area contributed by atoms with Crippen LogP contribution in [0.2, 0.25) is 0 Å². The number of piperidine rings is 1. The fraction of sp³-hybridized carbons (Fsp3) is 0.857. The lowest BCUT2D eigenvalue weighted by atomic mass is 9.90. The molecule has 1 heterocycles. The number of hydrogen-bond acceptors (Lipinski definition) is 2. The molecule has 102 valence electrons. The Labute approximate surface area is 108 Å². The Morgan fingerprint density at radius 2 is 1.44 bits per heavy atom. The number of carbonyl (C=O) groups is 2. The Morgan fingerprint density at radius 1 is 0.944 bits per heavy atom. The van der Waals surface area contributed by atoms with Crippen molar-refractivity contribution in [2.24, 2.45) is 11.8 Å². The summed E-state index contributed by atoms with van der Waals surface area (Å²) in [6.45, 7) is 4.16. The molecule has 1 saturated heterocycles. The molecule has 2 fully saturated rings. The van der Waals surface area contributed by atoms with Gasteiger partial charge < -0.3 is 10.0 Å². The molecule has 1 amide bonds. The van der Waals surface area contributed by atoms with Crippen LogP contribution in [-0.2, 0) is 9.59 Å². The molecule has 0 radical (unpaired) electrons. The van der Waals surface area contributed by atoms with Gasteiger partial charge >= 0.3 is 5.97 Å². The number of carboxylic acids is 1. The number of aliphatic carboxylic acids is 1. The Kier molecular flexibility index (Phi) is 3.93. The molecule has 1 aliphatic heterocycles. The van der Waals surface area contributed by atoms with Gasteiger partial charge in [-0.2, -0.15) is 0 Å². The Hall–Kier alpha value is -1.06. The smallest absolute Gasteiger partial charge is 0.307 e. The van der Waals surface area contributed by atoms with Gasteiger partial charge in [-0.15, -0.1) is 0 Å². The molecule has 1 N–H and O–H groups in total. The molecule has 4 atom stereocenters. The number of hydrogen-bond donors (Lipinski definition) is 1. The fourth-order valence-electron chi connectivity index (χ4n) is 3.60. The summed E-state index contributed by atoms with van der Waals surface area (Å²) in [6, 6.07) is 0.521. The molecule has 0 aromatic heterocycles. The normalized spacial score (nSPS) is 36.7. The minimum Gasteiger partial charge on any atom is -0.481 e. The average Bonchev–Trinajstić information content (AvgIpc) is 2.77. The summed E-state index contributed by atoms with van der Waals surface area (Å²) < 4.78 is 0. The van der Waals surface area contributed by atoms with Gasteiger partial charge in [-0.05, 0) is 46.0 Å². The zero-order valence-electron chi connectivity index (χ0n) is 11.3. The Bertz CT molecular complexity index is 332. The predicted molar refractivity (Wildman–Crippen MR) is 68.1 cm³/mol. The van der Waals surface area contributed by atoms with E-state index < -0.39 is 11.9 Å². The van der Waals surface area contributed by atoms with Crippen LogP contribution in [0.4, 0.5) is 0 Å². The van der Waals surface area contributed by atoms with Crippen LogP contribution in [0.3, 0.4) is 0 Å². The van der Waals surface area contributed by atoms with Crippen molar-refractivity contribution in [1.82, 2.24) is 4.90 Å². The molecule has 1 aliphatic carbocycles. The molecule has 0 bridgehead atoms. The van der Waals surface area contributed by atoms with Gasteiger partial charge in [0.15, 0.2) is 0 Å². The lowest BCUT2D eigenvalue weighted by Crippen LogP contribution is -2.50. The van der Waals surface area contributed by atoms with E-state index in [0.29, 0.717) is 6.42 Å². The molecule has 4 nitrogen and oxygen atoms in total. The van der Waals surface area contributed by atoms with E-state index in [4.69, 9.17) is 0 Å². The van der Waals surface area contributed by atoms with Crippen LogP contribution >= 0.6 is 0 Å². The lowest BCUT2D eigenvalue weighted by molar-refractivity contribution is -0.152. The molecule has 2 unspecified atom stereocenters. The second-order valence-corrected chi connectivity index (χ2v) is 5.86. The maximum absolute atomic E-state index is 12.6. The molecule has 4 heteroatoms. The molecule has 0 spiro atoms. The summed E-state index contributed by atoms with van der Waals surface area (Å²) in [4.78, 5) is 25.7. The summed E-state index contributed by atoms with van der Waals surface area (Å²) in [5, 5.41) is 9.19. The quantitative estimate of drug-likeness (QED) is 0.821. The molecule has 0 aromatic carbocycles. The topological polar surface area (TPSA) is 57.6 Å². The molecular weight excluding hydrogens is 230 g/mol. The van der Waals surface area contributed by atoms with Gasteiger partial charge in [0.05, 0.1) is 11.8 Å². The zero-order valence-corrected chi connectivity index (χ0v) is 11.3. The van der Waals surface area contributed by atoms with Crippen LogP contribution in [0.1, 0.15) is 52.4 Å². The average molecular weight is 253 g/mol. The van der Waals surface area contributed by atoms with Crippen molar-refractivity contribution >= 4 is 11.9 Å². The van der Waals surface area contributed by atoms with Gasteiger partial charge in [0.25, 0.3) is 0 Å². The monoisotopic (exact) mass is 253 g/mol. The van der Waals surface area contributed by atoms with E-state index in [1.165, 1.54) is 6.42 Å². The van der Waals surface area contributed by atoms with Crippen molar-refractivity contribution in [2.45, 2.75) is 64.5 Å². The minimum atomic E-state index is -0.803. The molecule has 2 rings (SSSR count). The van der Waals surface area contributed by atoms with Crippen LogP contribution < -0.4 is 0 Å². The summed E-state index contributed by atoms with van der Waals surface area (Å²) in [6.07, 6.45) is 5.51. The predicted octanol–water partition coefficient (Wildman–Crippen LogP) is 2.28. The van der Waals surface area contributed by atoms with Crippen molar-refractivity contribution in [2.75, 3.05) is 0 Å². The second-order valence-electron chi connectivity index (χ2n) is 5.86. The largest absolute Gasteiger partial charge is 0.481 e. The van der Waals surface area contributed by atoms with E-state index in [0.717, 1.165) is 25.7 Å². The summed E-state index contributed by atoms with van der Waals surface area (Å²) in [5.74, 6) is -1.47. The van der Waals surface area contributed by atoms with E-state index >= 15 is 0 Å². The van der Waals surface area contributed by atoms with E-state index in [9.17, 15) is 14.7 Å². The zero-order chi connectivity index (χ0) is 13.3. The molecule has 2 aliphatic rings. The number of nitrogens with zero attached hydrogens (tertiary/aromatic N) is 1. The fourth-order valence-corrected chi connectivity index (χ4v) is 3.60. The Balaban J connectivity index is 2.12. The van der Waals surface area contributed by atoms with Crippen molar-refractivity contribution in [3.05, 3.63) is 0 Å². The molecule has 1 saturated carbocycles. The van der Waals surface area contributed by atoms with Gasteiger partial charge in [0.2, 0.25) is 5.91 Å². The first-order valence-corrected chi connectivity index (χ1v) is 7.07. The number of amides is 1. The maximum atomic E-state index is 12.6. The number of likely N-dealkylation sites (tertiary alicyclic amines) is 1. The summed E-state index contributed by atoms with van der Waals surface area (Å²) in [7, 11) is 0. The number of rotatable bonds is 2. The van der Waals surface area contributed by atoms with Crippen LogP contribution in [0, 0.1) is 11.8 Å². The standard InChI is InChI=1S/C14H23NO3/c1-9-5-3-6-10(2)15(9)13(16)11-7-4-8-12(11)14(17)18/h9-12H,3-8H2,1-2H3,(H,17,18)/t9?,10?,11-,12+/m1/s1. The number of carbonyl (C=O) groups excluding carboxylic acids is 1. The third-order valence-corrected chi connectivity index (χ3v) is 4.60. The molecular formula is C14H23NO3. The van der Waals surface area contributed by atoms with Crippen molar-refractivity contribution in [3.8, 4) is 0 Å². The van der Waals surface area contributed by atoms with Gasteiger partial charge in [-0.3, -0.25) is 9.59 Å². The maximum Gasteiger partial charge on any atom is 0.307 e. The van der Waals surface area contributed by atoms with Crippen LogP contribution in [-0.4, -0.2) is 34.0 Å². The third-order valence-electron chi connectivity index (χ3n) is 4.60. The Morgan fingerprint density at radius 3 is 2.00 bits per heavy atom. The molecule has 0 aromatic rings. The van der Waals surface area contributed by atoms with Crippen LogP contribution in [0.15, 0.2) is 0 Å². The van der Waals surface area contributed by atoms with Gasteiger partial charge in [-0.1, -0.05) is 6.42 Å². The highest BCUT2D eigenvalue weighted by Crippen LogP contribution is 2.35. The van der Waals surface area contributed by atoms with E-state index in [1.807, 2.05) is 4.90 Å². The minimum absolute atomic E-state index is 0.0830. The highest BCUT2D eigenvalue weighted by atomic mass is 16.4. The first-order chi connectivity index (χ1) is 8.52. The first-order valence-electron chi connectivity index (χ1n) is 7.07. The lowest BCUT2D eigenvalue weighted by Gasteiger charge is -2.41. The van der Waals surface area contributed by atoms with Crippen molar-refractivity contribution < 1.29 is 14.7 Å². The molecule has 18 heavy (non-hydrogen) atoms. The van der Waals surface area contributed by atoms with Gasteiger partial charge in [0, 0.05) is 12.1 Å². The summed E-state index contributed by atoms with van der Waals surface area (Å²) >= 11 is 0. The third kappa shape index (κ3) is 2.38. The number of carboxylic acid groups (broad SMARTS) is 1.